The highest BCUT2D eigenvalue weighted by molar-refractivity contribution is 5.97. The number of benzene rings is 1. The molecule has 0 aromatic heterocycles. The van der Waals surface area contributed by atoms with Crippen LogP contribution in [0.3, 0.4) is 0 Å². The monoisotopic (exact) mass is 253 g/mol. The fourth-order valence-corrected chi connectivity index (χ4v) is 1.81. The molecule has 18 heavy (non-hydrogen) atoms. The Labute approximate surface area is 105 Å². The van der Waals surface area contributed by atoms with E-state index in [9.17, 15) is 14.0 Å². The molecule has 1 atom stereocenters. The van der Waals surface area contributed by atoms with E-state index in [-0.39, 0.29) is 0 Å². The molecule has 1 aromatic carbocycles. The fraction of sp³-hybridized carbons (Fsp3) is 0.385. The van der Waals surface area contributed by atoms with Gasteiger partial charge in [-0.3, -0.25) is 4.79 Å². The summed E-state index contributed by atoms with van der Waals surface area (Å²) in [6.07, 6.45) is 0.317. The summed E-state index contributed by atoms with van der Waals surface area (Å²) in [5.74, 6) is -1.88. The van der Waals surface area contributed by atoms with Gasteiger partial charge in [0.15, 0.2) is 0 Å². The molecule has 0 saturated heterocycles. The van der Waals surface area contributed by atoms with Gasteiger partial charge in [0.05, 0.1) is 0 Å². The van der Waals surface area contributed by atoms with Crippen LogP contribution in [0, 0.1) is 12.7 Å². The maximum atomic E-state index is 12.9. The molecule has 1 aromatic rings. The third kappa shape index (κ3) is 2.85. The molecular weight excluding hydrogens is 237 g/mol. The molecule has 4 nitrogen and oxygen atoms in total. The van der Waals surface area contributed by atoms with Crippen LogP contribution in [-0.2, 0) is 4.79 Å². The van der Waals surface area contributed by atoms with Crippen LogP contribution in [0.5, 0.6) is 0 Å². The Morgan fingerprint density at radius 3 is 2.50 bits per heavy atom. The highest BCUT2D eigenvalue weighted by Gasteiger charge is 2.26. The van der Waals surface area contributed by atoms with Crippen molar-refractivity contribution in [3.8, 4) is 0 Å². The van der Waals surface area contributed by atoms with Gasteiger partial charge in [-0.15, -0.1) is 0 Å². The number of amides is 1. The molecule has 0 spiro atoms. The normalized spacial score (nSPS) is 12.0. The van der Waals surface area contributed by atoms with Gasteiger partial charge < -0.3 is 10.0 Å². The van der Waals surface area contributed by atoms with E-state index in [0.717, 1.165) is 0 Å². The number of carboxylic acids is 1. The smallest absolute Gasteiger partial charge is 0.326 e. The van der Waals surface area contributed by atoms with Gasteiger partial charge in [-0.1, -0.05) is 6.92 Å². The summed E-state index contributed by atoms with van der Waals surface area (Å²) in [6.45, 7) is 3.31. The van der Waals surface area contributed by atoms with Crippen molar-refractivity contribution >= 4 is 11.9 Å². The summed E-state index contributed by atoms with van der Waals surface area (Å²) in [5, 5.41) is 9.00. The molecule has 1 N–H and O–H groups in total. The predicted molar refractivity (Wildman–Crippen MR) is 64.9 cm³/mol. The van der Waals surface area contributed by atoms with Crippen molar-refractivity contribution in [2.45, 2.75) is 26.3 Å². The fourth-order valence-electron chi connectivity index (χ4n) is 1.81. The first-order chi connectivity index (χ1) is 8.38. The molecule has 0 saturated carbocycles. The van der Waals surface area contributed by atoms with E-state index in [2.05, 4.69) is 0 Å². The molecule has 1 unspecified atom stereocenters. The Morgan fingerprint density at radius 1 is 1.44 bits per heavy atom. The number of nitrogens with zero attached hydrogens (tertiary/aromatic N) is 1. The summed E-state index contributed by atoms with van der Waals surface area (Å²) >= 11 is 0. The van der Waals surface area contributed by atoms with Crippen LogP contribution in [0.15, 0.2) is 18.2 Å². The average Bonchev–Trinajstić information content (AvgIpc) is 2.28. The Kier molecular flexibility index (Phi) is 4.42. The van der Waals surface area contributed by atoms with Crippen LogP contribution in [0.1, 0.15) is 29.3 Å². The second kappa shape index (κ2) is 5.62. The van der Waals surface area contributed by atoms with Gasteiger partial charge in [-0.2, -0.15) is 0 Å². The van der Waals surface area contributed by atoms with Gasteiger partial charge in [0.1, 0.15) is 11.9 Å². The second-order valence-corrected chi connectivity index (χ2v) is 4.14. The van der Waals surface area contributed by atoms with Crippen molar-refractivity contribution in [3.05, 3.63) is 35.1 Å². The SMILES string of the molecule is CCC(C(=O)O)N(C)C(=O)c1ccc(F)cc1C. The highest BCUT2D eigenvalue weighted by Crippen LogP contribution is 2.14. The van der Waals surface area contributed by atoms with Gasteiger partial charge in [-0.05, 0) is 37.1 Å². The minimum Gasteiger partial charge on any atom is -0.480 e. The first-order valence-electron chi connectivity index (χ1n) is 5.64. The van der Waals surface area contributed by atoms with Gasteiger partial charge in [0, 0.05) is 12.6 Å². The van der Waals surface area contributed by atoms with Gasteiger partial charge in [0.25, 0.3) is 5.91 Å². The quantitative estimate of drug-likeness (QED) is 0.893. The molecule has 1 amide bonds. The zero-order chi connectivity index (χ0) is 13.9. The van der Waals surface area contributed by atoms with Gasteiger partial charge >= 0.3 is 5.97 Å². The number of aliphatic carboxylic acids is 1. The van der Waals surface area contributed by atoms with Crippen LogP contribution in [0.25, 0.3) is 0 Å². The van der Waals surface area contributed by atoms with Crippen LogP contribution < -0.4 is 0 Å². The van der Waals surface area contributed by atoms with Crippen molar-refractivity contribution in [1.82, 2.24) is 4.90 Å². The maximum Gasteiger partial charge on any atom is 0.326 e. The Balaban J connectivity index is 3.02. The lowest BCUT2D eigenvalue weighted by atomic mass is 10.1. The van der Waals surface area contributed by atoms with Crippen LogP contribution in [0.4, 0.5) is 4.39 Å². The molecule has 0 aliphatic rings. The number of hydrogen-bond donors (Lipinski definition) is 1. The number of carbonyl (C=O) groups is 2. The van der Waals surface area contributed by atoms with Gasteiger partial charge in [0.2, 0.25) is 0 Å². The van der Waals surface area contributed by atoms with E-state index in [1.807, 2.05) is 0 Å². The number of carbonyl (C=O) groups excluding carboxylic acids is 1. The van der Waals surface area contributed by atoms with E-state index in [4.69, 9.17) is 5.11 Å². The van der Waals surface area contributed by atoms with Crippen LogP contribution in [-0.4, -0.2) is 35.0 Å². The third-order valence-corrected chi connectivity index (χ3v) is 2.88. The highest BCUT2D eigenvalue weighted by atomic mass is 19.1. The zero-order valence-corrected chi connectivity index (χ0v) is 10.6. The van der Waals surface area contributed by atoms with Crippen LogP contribution in [0.2, 0.25) is 0 Å². The lowest BCUT2D eigenvalue weighted by Gasteiger charge is -2.24. The summed E-state index contributed by atoms with van der Waals surface area (Å²) < 4.78 is 12.9. The molecule has 0 heterocycles. The Bertz CT molecular complexity index is 473. The average molecular weight is 253 g/mol. The predicted octanol–water partition coefficient (Wildman–Crippen LogP) is 2.07. The lowest BCUT2D eigenvalue weighted by molar-refractivity contribution is -0.142. The number of hydrogen-bond acceptors (Lipinski definition) is 2. The van der Waals surface area contributed by atoms with E-state index in [1.54, 1.807) is 13.8 Å². The van der Waals surface area contributed by atoms with Gasteiger partial charge in [-0.25, -0.2) is 9.18 Å². The molecular formula is C13H16FNO3. The van der Waals surface area contributed by atoms with E-state index >= 15 is 0 Å². The van der Waals surface area contributed by atoms with Crippen molar-refractivity contribution in [2.75, 3.05) is 7.05 Å². The third-order valence-electron chi connectivity index (χ3n) is 2.88. The number of carboxylic acid groups (broad SMARTS) is 1. The first kappa shape index (κ1) is 14.2. The molecule has 98 valence electrons. The molecule has 0 bridgehead atoms. The van der Waals surface area contributed by atoms with Crippen molar-refractivity contribution < 1.29 is 19.1 Å². The number of likely N-dealkylation sites (N-methyl/N-ethyl adjacent to an activating group) is 1. The summed E-state index contributed by atoms with van der Waals surface area (Å²) in [4.78, 5) is 24.3. The van der Waals surface area contributed by atoms with E-state index in [1.165, 1.54) is 30.1 Å². The molecule has 0 aliphatic carbocycles. The Morgan fingerprint density at radius 2 is 2.06 bits per heavy atom. The number of aryl methyl sites for hydroxylation is 1. The summed E-state index contributed by atoms with van der Waals surface area (Å²) in [7, 11) is 1.44. The molecule has 1 rings (SSSR count). The summed E-state index contributed by atoms with van der Waals surface area (Å²) in [6, 6.07) is 2.94. The Hall–Kier alpha value is -1.91. The maximum absolute atomic E-state index is 12.9. The standard InChI is InChI=1S/C13H16FNO3/c1-4-11(13(17)18)15(3)12(16)10-6-5-9(14)7-8(10)2/h5-7,11H,4H2,1-3H3,(H,17,18). The number of rotatable bonds is 4. The van der Waals surface area contributed by atoms with Crippen molar-refractivity contribution in [2.24, 2.45) is 0 Å². The summed E-state index contributed by atoms with van der Waals surface area (Å²) in [5.41, 5.74) is 0.811. The molecule has 0 aliphatic heterocycles. The topological polar surface area (TPSA) is 57.6 Å². The molecule has 5 heteroatoms. The van der Waals surface area contributed by atoms with E-state index < -0.39 is 23.7 Å². The minimum atomic E-state index is -1.05. The van der Waals surface area contributed by atoms with Crippen molar-refractivity contribution in [1.29, 1.82) is 0 Å². The second-order valence-electron chi connectivity index (χ2n) is 4.14. The van der Waals surface area contributed by atoms with E-state index in [0.29, 0.717) is 17.5 Å². The van der Waals surface area contributed by atoms with Crippen LogP contribution >= 0.6 is 0 Å². The zero-order valence-electron chi connectivity index (χ0n) is 10.6. The molecule has 0 radical (unpaired) electrons. The first-order valence-corrected chi connectivity index (χ1v) is 5.64. The molecule has 0 fully saturated rings. The number of halogens is 1. The minimum absolute atomic E-state index is 0.317. The largest absolute Gasteiger partial charge is 0.480 e. The lowest BCUT2D eigenvalue weighted by Crippen LogP contribution is -2.42. The van der Waals surface area contributed by atoms with Crippen molar-refractivity contribution in [3.63, 3.8) is 0 Å².